The van der Waals surface area contributed by atoms with Crippen LogP contribution in [0.3, 0.4) is 0 Å². The summed E-state index contributed by atoms with van der Waals surface area (Å²) in [6, 6.07) is 0. The average molecular weight is 570 g/mol. The van der Waals surface area contributed by atoms with Crippen LogP contribution in [-0.4, -0.2) is 60.9 Å². The first kappa shape index (κ1) is 38.9. The minimum absolute atomic E-state index is 0.0280. The number of aliphatic hydroxyl groups excluding tert-OH is 1. The topological polar surface area (TPSA) is 76.1 Å². The number of nitrogens with zero attached hydrogens (tertiary/aromatic N) is 1. The van der Waals surface area contributed by atoms with E-state index in [0.29, 0.717) is 19.4 Å². The normalized spacial score (nSPS) is 11.4. The maximum absolute atomic E-state index is 12.1. The second-order valence-electron chi connectivity index (χ2n) is 11.6. The fraction of sp³-hybridized carbons (Fsp3) is 0.941. The molecule has 0 saturated carbocycles. The summed E-state index contributed by atoms with van der Waals surface area (Å²) in [4.78, 5) is 26.3. The molecule has 0 radical (unpaired) electrons. The third-order valence-corrected chi connectivity index (χ3v) is 7.66. The van der Waals surface area contributed by atoms with Crippen LogP contribution in [0.1, 0.15) is 168 Å². The van der Waals surface area contributed by atoms with Gasteiger partial charge in [-0.1, -0.05) is 111 Å². The van der Waals surface area contributed by atoms with Gasteiger partial charge in [-0.15, -0.1) is 0 Å². The van der Waals surface area contributed by atoms with Gasteiger partial charge in [-0.25, -0.2) is 0 Å². The van der Waals surface area contributed by atoms with Crippen molar-refractivity contribution < 1.29 is 24.2 Å². The van der Waals surface area contributed by atoms with Crippen molar-refractivity contribution in [2.24, 2.45) is 0 Å². The van der Waals surface area contributed by atoms with E-state index < -0.39 is 0 Å². The predicted octanol–water partition coefficient (Wildman–Crippen LogP) is 8.77. The van der Waals surface area contributed by atoms with Crippen molar-refractivity contribution in [1.29, 1.82) is 0 Å². The van der Waals surface area contributed by atoms with Gasteiger partial charge in [0.2, 0.25) is 0 Å². The third kappa shape index (κ3) is 27.1. The van der Waals surface area contributed by atoms with Gasteiger partial charge in [0, 0.05) is 19.4 Å². The van der Waals surface area contributed by atoms with Gasteiger partial charge >= 0.3 is 11.9 Å². The minimum Gasteiger partial charge on any atom is -0.466 e. The molecule has 0 spiro atoms. The average Bonchev–Trinajstić information content (AvgIpc) is 2.93. The van der Waals surface area contributed by atoms with Crippen LogP contribution in [0.15, 0.2) is 0 Å². The Hall–Kier alpha value is -1.14. The van der Waals surface area contributed by atoms with Crippen LogP contribution in [0.4, 0.5) is 0 Å². The van der Waals surface area contributed by atoms with Gasteiger partial charge in [-0.2, -0.15) is 0 Å². The number of ether oxygens (including phenoxy) is 2. The number of unbranched alkanes of at least 4 members (excludes halogenated alkanes) is 14. The van der Waals surface area contributed by atoms with Gasteiger partial charge in [0.05, 0.1) is 13.2 Å². The van der Waals surface area contributed by atoms with Crippen molar-refractivity contribution in [1.82, 2.24) is 4.90 Å². The first-order valence-corrected chi connectivity index (χ1v) is 17.3. The van der Waals surface area contributed by atoms with E-state index in [1.54, 1.807) is 0 Å². The van der Waals surface area contributed by atoms with E-state index in [0.717, 1.165) is 103 Å². The number of carbonyl (C=O) groups is 2. The number of esters is 2. The molecule has 0 aromatic carbocycles. The second-order valence-corrected chi connectivity index (χ2v) is 11.6. The monoisotopic (exact) mass is 570 g/mol. The van der Waals surface area contributed by atoms with Gasteiger partial charge in [0.1, 0.15) is 6.10 Å². The quantitative estimate of drug-likeness (QED) is 0.0664. The standard InChI is InChI=1S/C34H67NO5/c1-4-7-8-9-10-17-22-31-39-33(37)25-18-13-11-15-20-27-35(29-30-36)28-21-16-12-14-19-26-34(38)40-32(23-5-2)24-6-3/h32,36H,4-31H2,1-3H3. The fourth-order valence-electron chi connectivity index (χ4n) is 5.22. The SMILES string of the molecule is CCCCCCCCCOC(=O)CCCCCCCN(CCO)CCCCCCCC(=O)OC(CCC)CCC. The molecule has 6 nitrogen and oxygen atoms in total. The lowest BCUT2D eigenvalue weighted by molar-refractivity contribution is -0.150. The molecule has 0 rings (SSSR count). The molecule has 0 aliphatic carbocycles. The zero-order chi connectivity index (χ0) is 29.5. The first-order chi connectivity index (χ1) is 19.6. The Morgan fingerprint density at radius 2 is 1.05 bits per heavy atom. The molecule has 0 aromatic rings. The molecule has 0 unspecified atom stereocenters. The van der Waals surface area contributed by atoms with Crippen molar-refractivity contribution in [2.75, 3.05) is 32.8 Å². The van der Waals surface area contributed by atoms with Crippen molar-refractivity contribution in [3.8, 4) is 0 Å². The van der Waals surface area contributed by atoms with Crippen molar-refractivity contribution in [3.05, 3.63) is 0 Å². The molecule has 0 heterocycles. The molecule has 238 valence electrons. The molecule has 40 heavy (non-hydrogen) atoms. The van der Waals surface area contributed by atoms with Crippen LogP contribution in [0.25, 0.3) is 0 Å². The zero-order valence-electron chi connectivity index (χ0n) is 26.9. The molecule has 0 amide bonds. The van der Waals surface area contributed by atoms with Crippen LogP contribution in [0.5, 0.6) is 0 Å². The molecule has 0 fully saturated rings. The molecule has 6 heteroatoms. The van der Waals surface area contributed by atoms with Crippen LogP contribution in [-0.2, 0) is 19.1 Å². The lowest BCUT2D eigenvalue weighted by Gasteiger charge is -2.21. The second kappa shape index (κ2) is 30.8. The Balaban J connectivity index is 3.66. The van der Waals surface area contributed by atoms with Crippen molar-refractivity contribution >= 4 is 11.9 Å². The Kier molecular flexibility index (Phi) is 29.9. The number of hydrogen-bond donors (Lipinski definition) is 1. The number of carbonyl (C=O) groups excluding carboxylic acids is 2. The highest BCUT2D eigenvalue weighted by Gasteiger charge is 2.12. The van der Waals surface area contributed by atoms with Gasteiger partial charge in [-0.3, -0.25) is 9.59 Å². The van der Waals surface area contributed by atoms with Gasteiger partial charge < -0.3 is 19.5 Å². The third-order valence-electron chi connectivity index (χ3n) is 7.66. The summed E-state index contributed by atoms with van der Waals surface area (Å²) < 4.78 is 11.0. The molecule has 0 bridgehead atoms. The lowest BCUT2D eigenvalue weighted by Crippen LogP contribution is -2.29. The molecule has 0 aliphatic heterocycles. The molecule has 1 N–H and O–H groups in total. The predicted molar refractivity (Wildman–Crippen MR) is 168 cm³/mol. The highest BCUT2D eigenvalue weighted by Crippen LogP contribution is 2.13. The summed E-state index contributed by atoms with van der Waals surface area (Å²) in [5, 5.41) is 9.42. The molecule has 0 saturated heterocycles. The summed E-state index contributed by atoms with van der Waals surface area (Å²) >= 11 is 0. The van der Waals surface area contributed by atoms with E-state index in [1.807, 2.05) is 0 Å². The van der Waals surface area contributed by atoms with Crippen LogP contribution >= 0.6 is 0 Å². The Morgan fingerprint density at radius 3 is 1.57 bits per heavy atom. The molecule has 0 aromatic heterocycles. The molecule has 0 aliphatic rings. The Labute approximate surface area is 248 Å². The number of rotatable bonds is 31. The van der Waals surface area contributed by atoms with Gasteiger partial charge in [0.15, 0.2) is 0 Å². The van der Waals surface area contributed by atoms with E-state index >= 15 is 0 Å². The molecule has 0 atom stereocenters. The highest BCUT2D eigenvalue weighted by molar-refractivity contribution is 5.69. The highest BCUT2D eigenvalue weighted by atomic mass is 16.5. The molecular formula is C34H67NO5. The van der Waals surface area contributed by atoms with E-state index in [2.05, 4.69) is 25.7 Å². The van der Waals surface area contributed by atoms with E-state index in [-0.39, 0.29) is 24.6 Å². The van der Waals surface area contributed by atoms with Crippen LogP contribution in [0.2, 0.25) is 0 Å². The summed E-state index contributed by atoms with van der Waals surface area (Å²) in [7, 11) is 0. The Bertz CT molecular complexity index is 550. The summed E-state index contributed by atoms with van der Waals surface area (Å²) in [6.45, 7) is 10.1. The van der Waals surface area contributed by atoms with Gasteiger partial charge in [-0.05, 0) is 58.0 Å². The fourth-order valence-corrected chi connectivity index (χ4v) is 5.22. The smallest absolute Gasteiger partial charge is 0.306 e. The minimum atomic E-state index is -0.0346. The van der Waals surface area contributed by atoms with Crippen molar-refractivity contribution in [3.63, 3.8) is 0 Å². The zero-order valence-corrected chi connectivity index (χ0v) is 26.9. The van der Waals surface area contributed by atoms with Gasteiger partial charge in [0.25, 0.3) is 0 Å². The largest absolute Gasteiger partial charge is 0.466 e. The molecular weight excluding hydrogens is 502 g/mol. The summed E-state index contributed by atoms with van der Waals surface area (Å²) in [6.07, 6.45) is 24.8. The summed E-state index contributed by atoms with van der Waals surface area (Å²) in [5.74, 6) is -0.0626. The van der Waals surface area contributed by atoms with Crippen LogP contribution in [0, 0.1) is 0 Å². The maximum atomic E-state index is 12.1. The Morgan fingerprint density at radius 1 is 0.575 bits per heavy atom. The van der Waals surface area contributed by atoms with E-state index in [1.165, 1.54) is 51.4 Å². The van der Waals surface area contributed by atoms with Crippen LogP contribution < -0.4 is 0 Å². The number of aliphatic hydroxyl groups is 1. The van der Waals surface area contributed by atoms with Crippen molar-refractivity contribution in [2.45, 2.75) is 175 Å². The van der Waals surface area contributed by atoms with E-state index in [9.17, 15) is 14.7 Å². The summed E-state index contributed by atoms with van der Waals surface area (Å²) in [5.41, 5.74) is 0. The van der Waals surface area contributed by atoms with E-state index in [4.69, 9.17) is 9.47 Å². The lowest BCUT2D eigenvalue weighted by atomic mass is 10.1. The maximum Gasteiger partial charge on any atom is 0.306 e. The number of hydrogen-bond acceptors (Lipinski definition) is 6. The first-order valence-electron chi connectivity index (χ1n) is 17.3.